The third-order valence-corrected chi connectivity index (χ3v) is 3.18. The first kappa shape index (κ1) is 17.7. The fourth-order valence-corrected chi connectivity index (χ4v) is 2.12. The summed E-state index contributed by atoms with van der Waals surface area (Å²) in [4.78, 5) is 18.3. The van der Waals surface area contributed by atoms with Crippen LogP contribution in [0.4, 0.5) is 0 Å². The van der Waals surface area contributed by atoms with Crippen molar-refractivity contribution >= 4 is 35.8 Å². The first-order valence-corrected chi connectivity index (χ1v) is 7.08. The normalized spacial score (nSPS) is 14.7. The number of aliphatic imine (C=N–C) groups is 1. The van der Waals surface area contributed by atoms with Crippen LogP contribution in [-0.2, 0) is 11.3 Å². The Labute approximate surface area is 142 Å². The predicted molar refractivity (Wildman–Crippen MR) is 92.6 cm³/mol. The maximum Gasteiger partial charge on any atom is 0.241 e. The number of rotatable bonds is 5. The Morgan fingerprint density at radius 3 is 2.81 bits per heavy atom. The molecule has 0 saturated carbocycles. The van der Waals surface area contributed by atoms with Gasteiger partial charge in [0.15, 0.2) is 5.96 Å². The van der Waals surface area contributed by atoms with E-state index in [0.29, 0.717) is 12.5 Å². The van der Waals surface area contributed by atoms with Crippen LogP contribution in [0.15, 0.2) is 17.3 Å². The van der Waals surface area contributed by atoms with Gasteiger partial charge in [0.2, 0.25) is 5.91 Å². The van der Waals surface area contributed by atoms with Crippen LogP contribution in [0.2, 0.25) is 0 Å². The van der Waals surface area contributed by atoms with Crippen LogP contribution in [0.5, 0.6) is 0 Å². The van der Waals surface area contributed by atoms with E-state index in [-0.39, 0.29) is 36.4 Å². The fraction of sp³-hybridized carbons (Fsp3) is 0.615. The number of carbonyl (C=O) groups excluding carboxylic acids is 1. The average molecular weight is 406 g/mol. The second-order valence-electron chi connectivity index (χ2n) is 4.72. The van der Waals surface area contributed by atoms with Crippen LogP contribution in [0.3, 0.4) is 0 Å². The molecule has 1 amide bonds. The van der Waals surface area contributed by atoms with Gasteiger partial charge in [0.1, 0.15) is 0 Å². The van der Waals surface area contributed by atoms with Crippen molar-refractivity contribution in [2.45, 2.75) is 26.3 Å². The Bertz CT molecular complexity index is 442. The molecular formula is C13H23IN6O. The summed E-state index contributed by atoms with van der Waals surface area (Å²) in [5, 5.41) is 12.9. The largest absolute Gasteiger partial charge is 0.357 e. The summed E-state index contributed by atoms with van der Waals surface area (Å²) in [6, 6.07) is 1.88. The van der Waals surface area contributed by atoms with Gasteiger partial charge in [-0.1, -0.05) is 0 Å². The number of halogens is 1. The molecule has 1 aliphatic heterocycles. The molecule has 0 aliphatic carbocycles. The van der Waals surface area contributed by atoms with Crippen molar-refractivity contribution in [3.63, 3.8) is 0 Å². The number of aromatic amines is 1. The van der Waals surface area contributed by atoms with Gasteiger partial charge in [0.25, 0.3) is 0 Å². The van der Waals surface area contributed by atoms with Crippen LogP contribution >= 0.6 is 24.0 Å². The molecule has 0 atom stereocenters. The summed E-state index contributed by atoms with van der Waals surface area (Å²) in [6.45, 7) is 5.30. The zero-order valence-electron chi connectivity index (χ0n) is 12.3. The van der Waals surface area contributed by atoms with Gasteiger partial charge >= 0.3 is 0 Å². The quantitative estimate of drug-likeness (QED) is 0.382. The van der Waals surface area contributed by atoms with E-state index < -0.39 is 0 Å². The van der Waals surface area contributed by atoms with Crippen molar-refractivity contribution in [1.29, 1.82) is 0 Å². The first-order chi connectivity index (χ1) is 9.79. The SMILES string of the molecule is CCNC(=NCc1ccn[nH]1)NCC(=O)N1CCCC1.I. The molecular weight excluding hydrogens is 383 g/mol. The molecule has 1 aliphatic rings. The molecule has 0 spiro atoms. The topological polar surface area (TPSA) is 85.4 Å². The Morgan fingerprint density at radius 2 is 2.19 bits per heavy atom. The summed E-state index contributed by atoms with van der Waals surface area (Å²) in [7, 11) is 0. The molecule has 1 aromatic heterocycles. The van der Waals surface area contributed by atoms with Gasteiger partial charge in [-0.25, -0.2) is 4.99 Å². The van der Waals surface area contributed by atoms with Crippen LogP contribution < -0.4 is 10.6 Å². The summed E-state index contributed by atoms with van der Waals surface area (Å²) >= 11 is 0. The standard InChI is InChI=1S/C13H22N6O.HI/c1-2-14-13(15-9-11-5-6-17-18-11)16-10-12(20)19-7-3-4-8-19;/h5-6H,2-4,7-10H2,1H3,(H,17,18)(H2,14,15,16);1H. The highest BCUT2D eigenvalue weighted by atomic mass is 127. The average Bonchev–Trinajstić information content (AvgIpc) is 3.13. The van der Waals surface area contributed by atoms with Crippen LogP contribution in [-0.4, -0.2) is 53.1 Å². The van der Waals surface area contributed by atoms with Crippen LogP contribution in [0.25, 0.3) is 0 Å². The number of nitrogens with zero attached hydrogens (tertiary/aromatic N) is 3. The highest BCUT2D eigenvalue weighted by molar-refractivity contribution is 14.0. The van der Waals surface area contributed by atoms with Crippen molar-refractivity contribution in [3.8, 4) is 0 Å². The Hall–Kier alpha value is -1.32. The first-order valence-electron chi connectivity index (χ1n) is 7.08. The summed E-state index contributed by atoms with van der Waals surface area (Å²) in [5.41, 5.74) is 0.938. The number of hydrogen-bond donors (Lipinski definition) is 3. The molecule has 0 radical (unpaired) electrons. The van der Waals surface area contributed by atoms with Crippen LogP contribution in [0.1, 0.15) is 25.5 Å². The van der Waals surface area contributed by atoms with E-state index in [1.807, 2.05) is 17.9 Å². The van der Waals surface area contributed by atoms with E-state index in [4.69, 9.17) is 0 Å². The Balaban J connectivity index is 0.00000220. The molecule has 0 bridgehead atoms. The van der Waals surface area contributed by atoms with E-state index >= 15 is 0 Å². The highest BCUT2D eigenvalue weighted by Crippen LogP contribution is 2.06. The zero-order valence-corrected chi connectivity index (χ0v) is 14.6. The molecule has 21 heavy (non-hydrogen) atoms. The van der Waals surface area contributed by atoms with Crippen LogP contribution in [0, 0.1) is 0 Å². The lowest BCUT2D eigenvalue weighted by Crippen LogP contribution is -2.44. The monoisotopic (exact) mass is 406 g/mol. The number of hydrogen-bond acceptors (Lipinski definition) is 3. The van der Waals surface area contributed by atoms with Crippen molar-refractivity contribution in [2.75, 3.05) is 26.2 Å². The van der Waals surface area contributed by atoms with Crippen molar-refractivity contribution < 1.29 is 4.79 Å². The van der Waals surface area contributed by atoms with Gasteiger partial charge in [0, 0.05) is 25.8 Å². The maximum atomic E-state index is 12.0. The van der Waals surface area contributed by atoms with E-state index in [1.165, 1.54) is 0 Å². The second kappa shape index (κ2) is 9.59. The number of guanidine groups is 1. The fourth-order valence-electron chi connectivity index (χ4n) is 2.12. The van der Waals surface area contributed by atoms with Gasteiger partial charge in [-0.3, -0.25) is 9.89 Å². The van der Waals surface area contributed by atoms with E-state index in [2.05, 4.69) is 25.8 Å². The van der Waals surface area contributed by atoms with E-state index in [9.17, 15) is 4.79 Å². The number of nitrogens with one attached hydrogen (secondary N) is 3. The Morgan fingerprint density at radius 1 is 1.43 bits per heavy atom. The lowest BCUT2D eigenvalue weighted by atomic mass is 10.4. The van der Waals surface area contributed by atoms with Gasteiger partial charge in [-0.15, -0.1) is 24.0 Å². The Kier molecular flexibility index (Phi) is 8.09. The highest BCUT2D eigenvalue weighted by Gasteiger charge is 2.17. The molecule has 1 fully saturated rings. The van der Waals surface area contributed by atoms with Gasteiger partial charge < -0.3 is 15.5 Å². The molecule has 2 heterocycles. The number of amides is 1. The molecule has 8 heteroatoms. The third kappa shape index (κ3) is 5.90. The second-order valence-corrected chi connectivity index (χ2v) is 4.72. The minimum atomic E-state index is 0. The lowest BCUT2D eigenvalue weighted by molar-refractivity contribution is -0.128. The third-order valence-electron chi connectivity index (χ3n) is 3.18. The number of likely N-dealkylation sites (tertiary alicyclic amines) is 1. The molecule has 0 aromatic carbocycles. The minimum absolute atomic E-state index is 0. The summed E-state index contributed by atoms with van der Waals surface area (Å²) in [5.74, 6) is 0.782. The van der Waals surface area contributed by atoms with E-state index in [0.717, 1.165) is 38.2 Å². The lowest BCUT2D eigenvalue weighted by Gasteiger charge is -2.17. The zero-order chi connectivity index (χ0) is 14.2. The molecule has 118 valence electrons. The molecule has 2 rings (SSSR count). The molecule has 1 aromatic rings. The molecule has 0 unspecified atom stereocenters. The van der Waals surface area contributed by atoms with Gasteiger partial charge in [-0.05, 0) is 25.8 Å². The predicted octanol–water partition coefficient (Wildman–Crippen LogP) is 0.705. The van der Waals surface area contributed by atoms with E-state index in [1.54, 1.807) is 6.20 Å². The van der Waals surface area contributed by atoms with Gasteiger partial charge in [-0.2, -0.15) is 5.10 Å². The number of H-pyrrole nitrogens is 1. The van der Waals surface area contributed by atoms with Crippen molar-refractivity contribution in [1.82, 2.24) is 25.7 Å². The minimum Gasteiger partial charge on any atom is -0.357 e. The van der Waals surface area contributed by atoms with Crippen molar-refractivity contribution in [2.24, 2.45) is 4.99 Å². The summed E-state index contributed by atoms with van der Waals surface area (Å²) in [6.07, 6.45) is 3.92. The number of carbonyl (C=O) groups is 1. The number of aromatic nitrogens is 2. The smallest absolute Gasteiger partial charge is 0.241 e. The molecule has 3 N–H and O–H groups in total. The van der Waals surface area contributed by atoms with Gasteiger partial charge in [0.05, 0.1) is 18.8 Å². The maximum absolute atomic E-state index is 12.0. The molecule has 1 saturated heterocycles. The van der Waals surface area contributed by atoms with Crippen molar-refractivity contribution in [3.05, 3.63) is 18.0 Å². The molecule has 7 nitrogen and oxygen atoms in total. The summed E-state index contributed by atoms with van der Waals surface area (Å²) < 4.78 is 0.